The monoisotopic (exact) mass is 291 g/mol. The summed E-state index contributed by atoms with van der Waals surface area (Å²) in [6.07, 6.45) is 2.09. The van der Waals surface area contributed by atoms with Crippen molar-refractivity contribution in [2.75, 3.05) is 26.7 Å². The highest BCUT2D eigenvalue weighted by atomic mass is 35.5. The molecule has 1 aliphatic heterocycles. The average molecular weight is 292 g/mol. The third kappa shape index (κ3) is 5.37. The zero-order valence-electron chi connectivity index (χ0n) is 12.3. The first-order chi connectivity index (χ1) is 8.36. The zero-order chi connectivity index (χ0) is 13.8. The Hall–Kier alpha value is -0.810. The molecule has 1 unspecified atom stereocenters. The van der Waals surface area contributed by atoms with Crippen molar-refractivity contribution in [1.82, 2.24) is 15.5 Å². The van der Waals surface area contributed by atoms with Gasteiger partial charge in [0, 0.05) is 24.5 Å². The predicted molar refractivity (Wildman–Crippen MR) is 78.4 cm³/mol. The summed E-state index contributed by atoms with van der Waals surface area (Å²) < 4.78 is 0. The molecule has 1 atom stereocenters. The normalized spacial score (nSPS) is 18.9. The number of halogens is 1. The van der Waals surface area contributed by atoms with Gasteiger partial charge in [-0.3, -0.25) is 9.59 Å². The minimum atomic E-state index is -0.449. The molecule has 1 heterocycles. The molecule has 1 rings (SSSR count). The van der Waals surface area contributed by atoms with Crippen LogP contribution in [0, 0.1) is 5.41 Å². The zero-order valence-corrected chi connectivity index (χ0v) is 13.1. The van der Waals surface area contributed by atoms with Crippen LogP contribution < -0.4 is 10.6 Å². The molecule has 2 amide bonds. The van der Waals surface area contributed by atoms with E-state index in [9.17, 15) is 9.59 Å². The van der Waals surface area contributed by atoms with Gasteiger partial charge in [0.1, 0.15) is 0 Å². The van der Waals surface area contributed by atoms with Crippen molar-refractivity contribution in [2.24, 2.45) is 5.41 Å². The third-order valence-corrected chi connectivity index (χ3v) is 3.22. The molecule has 0 radical (unpaired) electrons. The first-order valence-corrected chi connectivity index (χ1v) is 6.58. The summed E-state index contributed by atoms with van der Waals surface area (Å²) in [4.78, 5) is 25.6. The summed E-state index contributed by atoms with van der Waals surface area (Å²) in [7, 11) is 1.89. The molecule has 0 saturated carbocycles. The Morgan fingerprint density at radius 3 is 2.47 bits per heavy atom. The highest BCUT2D eigenvalue weighted by Gasteiger charge is 2.29. The maximum absolute atomic E-state index is 12.0. The number of hydrogen-bond acceptors (Lipinski definition) is 3. The van der Waals surface area contributed by atoms with Crippen LogP contribution in [0.15, 0.2) is 0 Å². The SMILES string of the molecule is CNCC1CCCN1C(=O)CNC(=O)C(C)(C)C.Cl. The van der Waals surface area contributed by atoms with E-state index in [1.54, 1.807) is 0 Å². The van der Waals surface area contributed by atoms with Crippen molar-refractivity contribution in [1.29, 1.82) is 0 Å². The Balaban J connectivity index is 0.00000324. The highest BCUT2D eigenvalue weighted by Crippen LogP contribution is 2.17. The van der Waals surface area contributed by atoms with Crippen molar-refractivity contribution in [3.05, 3.63) is 0 Å². The molecule has 0 aromatic heterocycles. The van der Waals surface area contributed by atoms with Crippen LogP contribution in [-0.2, 0) is 9.59 Å². The number of likely N-dealkylation sites (N-methyl/N-ethyl adjacent to an activating group) is 1. The van der Waals surface area contributed by atoms with Crippen molar-refractivity contribution < 1.29 is 9.59 Å². The van der Waals surface area contributed by atoms with Crippen LogP contribution in [0.3, 0.4) is 0 Å². The van der Waals surface area contributed by atoms with Crippen LogP contribution >= 0.6 is 12.4 Å². The maximum Gasteiger partial charge on any atom is 0.242 e. The predicted octanol–water partition coefficient (Wildman–Crippen LogP) is 0.781. The molecule has 19 heavy (non-hydrogen) atoms. The van der Waals surface area contributed by atoms with Gasteiger partial charge >= 0.3 is 0 Å². The quantitative estimate of drug-likeness (QED) is 0.805. The van der Waals surface area contributed by atoms with Crippen LogP contribution in [0.2, 0.25) is 0 Å². The molecule has 0 aromatic rings. The first kappa shape index (κ1) is 18.2. The lowest BCUT2D eigenvalue weighted by Gasteiger charge is -2.25. The molecule has 5 nitrogen and oxygen atoms in total. The smallest absolute Gasteiger partial charge is 0.242 e. The van der Waals surface area contributed by atoms with Gasteiger partial charge in [-0.2, -0.15) is 0 Å². The molecular weight excluding hydrogens is 266 g/mol. The number of nitrogens with one attached hydrogen (secondary N) is 2. The molecule has 1 saturated heterocycles. The minimum Gasteiger partial charge on any atom is -0.347 e. The Bertz CT molecular complexity index is 316. The Morgan fingerprint density at radius 1 is 1.32 bits per heavy atom. The van der Waals surface area contributed by atoms with Crippen LogP contribution in [-0.4, -0.2) is 49.4 Å². The molecule has 1 aliphatic rings. The molecule has 0 aliphatic carbocycles. The van der Waals surface area contributed by atoms with Gasteiger partial charge in [-0.25, -0.2) is 0 Å². The van der Waals surface area contributed by atoms with Gasteiger partial charge in [-0.1, -0.05) is 20.8 Å². The highest BCUT2D eigenvalue weighted by molar-refractivity contribution is 5.87. The number of nitrogens with zero attached hydrogens (tertiary/aromatic N) is 1. The topological polar surface area (TPSA) is 61.4 Å². The molecule has 0 spiro atoms. The van der Waals surface area contributed by atoms with Crippen molar-refractivity contribution in [3.63, 3.8) is 0 Å². The average Bonchev–Trinajstić information content (AvgIpc) is 2.72. The summed E-state index contributed by atoms with van der Waals surface area (Å²) in [6.45, 7) is 7.25. The number of likely N-dealkylation sites (tertiary alicyclic amines) is 1. The van der Waals surface area contributed by atoms with Crippen LogP contribution in [0.4, 0.5) is 0 Å². The maximum atomic E-state index is 12.0. The van der Waals surface area contributed by atoms with E-state index in [0.717, 1.165) is 25.9 Å². The number of hydrogen-bond donors (Lipinski definition) is 2. The van der Waals surface area contributed by atoms with E-state index in [2.05, 4.69) is 10.6 Å². The lowest BCUT2D eigenvalue weighted by Crippen LogP contribution is -2.47. The summed E-state index contributed by atoms with van der Waals surface area (Å²) >= 11 is 0. The number of carbonyl (C=O) groups excluding carboxylic acids is 2. The van der Waals surface area contributed by atoms with E-state index in [-0.39, 0.29) is 36.8 Å². The Kier molecular flexibility index (Phi) is 7.37. The van der Waals surface area contributed by atoms with Gasteiger partial charge in [0.25, 0.3) is 0 Å². The van der Waals surface area contributed by atoms with E-state index in [4.69, 9.17) is 0 Å². The van der Waals surface area contributed by atoms with E-state index in [1.165, 1.54) is 0 Å². The summed E-state index contributed by atoms with van der Waals surface area (Å²) in [6, 6.07) is 0.272. The molecule has 112 valence electrons. The van der Waals surface area contributed by atoms with E-state index in [0.29, 0.717) is 0 Å². The van der Waals surface area contributed by atoms with Gasteiger partial charge in [-0.05, 0) is 19.9 Å². The lowest BCUT2D eigenvalue weighted by atomic mass is 9.96. The van der Waals surface area contributed by atoms with E-state index < -0.39 is 5.41 Å². The number of rotatable bonds is 4. The third-order valence-electron chi connectivity index (χ3n) is 3.22. The van der Waals surface area contributed by atoms with Gasteiger partial charge in [0.2, 0.25) is 11.8 Å². The minimum absolute atomic E-state index is 0. The molecule has 2 N–H and O–H groups in total. The standard InChI is InChI=1S/C13H25N3O2.ClH/c1-13(2,3)12(18)15-9-11(17)16-7-5-6-10(16)8-14-4;/h10,14H,5-9H2,1-4H3,(H,15,18);1H. The molecule has 0 aromatic carbocycles. The number of carbonyl (C=O) groups is 2. The Morgan fingerprint density at radius 2 is 1.95 bits per heavy atom. The molecule has 6 heteroatoms. The van der Waals surface area contributed by atoms with Crippen molar-refractivity contribution in [3.8, 4) is 0 Å². The van der Waals surface area contributed by atoms with Gasteiger partial charge < -0.3 is 15.5 Å². The van der Waals surface area contributed by atoms with Crippen LogP contribution in [0.1, 0.15) is 33.6 Å². The summed E-state index contributed by atoms with van der Waals surface area (Å²) in [5.74, 6) is -0.0643. The van der Waals surface area contributed by atoms with Gasteiger partial charge in [0.15, 0.2) is 0 Å². The van der Waals surface area contributed by atoms with Gasteiger partial charge in [0.05, 0.1) is 6.54 Å². The van der Waals surface area contributed by atoms with E-state index >= 15 is 0 Å². The van der Waals surface area contributed by atoms with Crippen LogP contribution in [0.25, 0.3) is 0 Å². The fourth-order valence-corrected chi connectivity index (χ4v) is 2.13. The first-order valence-electron chi connectivity index (χ1n) is 6.58. The Labute approximate surface area is 121 Å². The lowest BCUT2D eigenvalue weighted by molar-refractivity contribution is -0.135. The van der Waals surface area contributed by atoms with E-state index in [1.807, 2.05) is 32.7 Å². The fraction of sp³-hybridized carbons (Fsp3) is 0.846. The van der Waals surface area contributed by atoms with Gasteiger partial charge in [-0.15, -0.1) is 12.4 Å². The number of amides is 2. The second-order valence-corrected chi connectivity index (χ2v) is 5.87. The molecule has 1 fully saturated rings. The summed E-state index contributed by atoms with van der Waals surface area (Å²) in [5.41, 5.74) is -0.449. The largest absolute Gasteiger partial charge is 0.347 e. The van der Waals surface area contributed by atoms with Crippen molar-refractivity contribution in [2.45, 2.75) is 39.7 Å². The second kappa shape index (κ2) is 7.70. The molecular formula is C13H26ClN3O2. The second-order valence-electron chi connectivity index (χ2n) is 5.87. The molecule has 0 bridgehead atoms. The summed E-state index contributed by atoms with van der Waals surface area (Å²) in [5, 5.41) is 5.81. The van der Waals surface area contributed by atoms with Crippen LogP contribution in [0.5, 0.6) is 0 Å². The fourth-order valence-electron chi connectivity index (χ4n) is 2.13. The van der Waals surface area contributed by atoms with Crippen molar-refractivity contribution >= 4 is 24.2 Å².